The van der Waals surface area contributed by atoms with Gasteiger partial charge in [-0.2, -0.15) is 0 Å². The molecule has 0 aliphatic rings. The molecule has 0 radical (unpaired) electrons. The third-order valence-electron chi connectivity index (χ3n) is 8.04. The molecule has 10 aromatic rings. The van der Waals surface area contributed by atoms with Crippen LogP contribution in [-0.2, 0) is 0 Å². The van der Waals surface area contributed by atoms with Gasteiger partial charge in [0.25, 0.3) is 0 Å². The molecule has 10 rings (SSSR count). The van der Waals surface area contributed by atoms with Gasteiger partial charge < -0.3 is 8.83 Å². The minimum atomic E-state index is 0.565. The van der Waals surface area contributed by atoms with Gasteiger partial charge in [-0.05, 0) is 70.4 Å². The van der Waals surface area contributed by atoms with E-state index < -0.39 is 0 Å². The summed E-state index contributed by atoms with van der Waals surface area (Å²) >= 11 is 6.64. The van der Waals surface area contributed by atoms with E-state index in [4.69, 9.17) is 28.8 Å². The first-order valence-electron chi connectivity index (χ1n) is 15.1. The minimum Gasteiger partial charge on any atom is -0.435 e. The number of thiazole rings is 2. The molecule has 10 heteroatoms. The largest absolute Gasteiger partial charge is 0.435 e. The molecule has 0 spiro atoms. The van der Waals surface area contributed by atoms with Crippen molar-refractivity contribution < 1.29 is 8.83 Å². The molecular formula is C38H20N4O2S4. The molecule has 0 bridgehead atoms. The van der Waals surface area contributed by atoms with Crippen LogP contribution in [0, 0.1) is 0 Å². The SMILES string of the molecule is c1ccc(-c2ccc(-c3ncc(-c4nc5cc6cc7oc(-c8cnc(-c9ccc(-c%10ccccc%10)s9)s8)nc7cc6cc5o4)s3)s2)cc1. The smallest absolute Gasteiger partial charge is 0.239 e. The van der Waals surface area contributed by atoms with Crippen LogP contribution in [0.4, 0.5) is 0 Å². The van der Waals surface area contributed by atoms with Crippen molar-refractivity contribution in [2.24, 2.45) is 0 Å². The Hall–Kier alpha value is -5.26. The van der Waals surface area contributed by atoms with E-state index in [0.717, 1.165) is 62.5 Å². The summed E-state index contributed by atoms with van der Waals surface area (Å²) in [7, 11) is 0. The van der Waals surface area contributed by atoms with Gasteiger partial charge in [-0.3, -0.25) is 0 Å². The molecule has 6 aromatic heterocycles. The molecule has 0 atom stereocenters. The third kappa shape index (κ3) is 4.89. The lowest BCUT2D eigenvalue weighted by molar-refractivity contribution is 0.621. The Morgan fingerprint density at radius 3 is 1.31 bits per heavy atom. The molecule has 228 valence electrons. The molecule has 0 saturated carbocycles. The predicted octanol–water partition coefficient (Wildman–Crippen LogP) is 12.2. The van der Waals surface area contributed by atoms with E-state index in [1.54, 1.807) is 45.3 Å². The normalized spacial score (nSPS) is 11.8. The topological polar surface area (TPSA) is 77.8 Å². The Morgan fingerprint density at radius 1 is 0.417 bits per heavy atom. The van der Waals surface area contributed by atoms with Crippen LogP contribution in [0.2, 0.25) is 0 Å². The summed E-state index contributed by atoms with van der Waals surface area (Å²) in [6.07, 6.45) is 3.69. The summed E-state index contributed by atoms with van der Waals surface area (Å²) in [5, 5.41) is 3.91. The van der Waals surface area contributed by atoms with Crippen molar-refractivity contribution in [2.75, 3.05) is 0 Å². The highest BCUT2D eigenvalue weighted by Crippen LogP contribution is 2.41. The van der Waals surface area contributed by atoms with Crippen LogP contribution in [0.15, 0.2) is 130 Å². The molecule has 0 fully saturated rings. The number of rotatable bonds is 6. The van der Waals surface area contributed by atoms with Crippen molar-refractivity contribution >= 4 is 78.3 Å². The molecule has 0 amide bonds. The number of hydrogen-bond acceptors (Lipinski definition) is 10. The fraction of sp³-hybridized carbons (Fsp3) is 0. The molecule has 6 nitrogen and oxygen atoms in total. The van der Waals surface area contributed by atoms with Gasteiger partial charge in [0, 0.05) is 9.75 Å². The fourth-order valence-corrected chi connectivity index (χ4v) is 9.53. The molecule has 0 saturated heterocycles. The van der Waals surface area contributed by atoms with Gasteiger partial charge in [0.15, 0.2) is 11.2 Å². The summed E-state index contributed by atoms with van der Waals surface area (Å²) < 4.78 is 12.5. The average Bonchev–Trinajstić information content (AvgIpc) is 3.97. The monoisotopic (exact) mass is 692 g/mol. The Balaban J connectivity index is 0.929. The van der Waals surface area contributed by atoms with Crippen LogP contribution in [0.1, 0.15) is 0 Å². The molecule has 6 heterocycles. The predicted molar refractivity (Wildman–Crippen MR) is 199 cm³/mol. The van der Waals surface area contributed by atoms with Crippen molar-refractivity contribution in [3.63, 3.8) is 0 Å². The summed E-state index contributed by atoms with van der Waals surface area (Å²) in [6, 6.07) is 37.5. The molecule has 0 aliphatic carbocycles. The van der Waals surface area contributed by atoms with Gasteiger partial charge in [0.2, 0.25) is 11.8 Å². The standard InChI is InChI=1S/C38H20N4O2S4/c1-3-7-21(8-4-1)29-11-13-31(45-29)37-39-19-33(47-37)35-41-25-15-23-18-28-26(16-24(23)17-27(25)43-35)42-36(44-28)34-20-40-38(48-34)32-14-12-30(46-32)22-9-5-2-6-10-22/h1-20H. The lowest BCUT2D eigenvalue weighted by Gasteiger charge is -1.96. The highest BCUT2D eigenvalue weighted by atomic mass is 32.1. The number of oxazole rings is 2. The Kier molecular flexibility index (Phi) is 6.48. The summed E-state index contributed by atoms with van der Waals surface area (Å²) in [5.41, 5.74) is 5.42. The maximum absolute atomic E-state index is 6.26. The van der Waals surface area contributed by atoms with E-state index in [1.165, 1.54) is 20.9 Å². The van der Waals surface area contributed by atoms with Crippen LogP contribution in [0.5, 0.6) is 0 Å². The molecule has 0 aliphatic heterocycles. The third-order valence-corrected chi connectivity index (χ3v) is 12.6. The molecule has 4 aromatic carbocycles. The van der Waals surface area contributed by atoms with Crippen LogP contribution in [0.25, 0.3) is 95.2 Å². The second-order valence-electron chi connectivity index (χ2n) is 11.1. The van der Waals surface area contributed by atoms with Crippen molar-refractivity contribution in [1.29, 1.82) is 0 Å². The van der Waals surface area contributed by atoms with E-state index in [-0.39, 0.29) is 0 Å². The molecule has 48 heavy (non-hydrogen) atoms. The highest BCUT2D eigenvalue weighted by Gasteiger charge is 2.18. The van der Waals surface area contributed by atoms with Gasteiger partial charge in [0.05, 0.1) is 22.1 Å². The van der Waals surface area contributed by atoms with Crippen LogP contribution in [0.3, 0.4) is 0 Å². The van der Waals surface area contributed by atoms with Crippen molar-refractivity contribution in [3.05, 3.63) is 122 Å². The fourth-order valence-electron chi connectivity index (χ4n) is 5.70. The molecule has 0 unspecified atom stereocenters. The van der Waals surface area contributed by atoms with Gasteiger partial charge in [-0.15, -0.1) is 45.3 Å². The maximum Gasteiger partial charge on any atom is 0.239 e. The van der Waals surface area contributed by atoms with Crippen LogP contribution >= 0.6 is 45.3 Å². The Morgan fingerprint density at radius 2 is 0.854 bits per heavy atom. The van der Waals surface area contributed by atoms with Crippen molar-refractivity contribution in [3.8, 4) is 62.2 Å². The first-order valence-corrected chi connectivity index (χ1v) is 18.4. The van der Waals surface area contributed by atoms with Crippen LogP contribution in [-0.4, -0.2) is 19.9 Å². The van der Waals surface area contributed by atoms with E-state index in [9.17, 15) is 0 Å². The first-order chi connectivity index (χ1) is 23.7. The van der Waals surface area contributed by atoms with Gasteiger partial charge in [-0.1, -0.05) is 60.7 Å². The lowest BCUT2D eigenvalue weighted by Crippen LogP contribution is -1.76. The van der Waals surface area contributed by atoms with E-state index in [0.29, 0.717) is 11.8 Å². The van der Waals surface area contributed by atoms with Gasteiger partial charge >= 0.3 is 0 Å². The Bertz CT molecular complexity index is 2490. The zero-order valence-electron chi connectivity index (χ0n) is 24.8. The minimum absolute atomic E-state index is 0.565. The molecule has 0 N–H and O–H groups in total. The number of fused-ring (bicyclic) bond motifs is 3. The van der Waals surface area contributed by atoms with Crippen LogP contribution < -0.4 is 0 Å². The quantitative estimate of drug-likeness (QED) is 0.173. The van der Waals surface area contributed by atoms with Crippen molar-refractivity contribution in [2.45, 2.75) is 0 Å². The maximum atomic E-state index is 6.26. The number of benzene rings is 4. The van der Waals surface area contributed by atoms with Gasteiger partial charge in [0.1, 0.15) is 30.8 Å². The second kappa shape index (κ2) is 11.2. The summed E-state index contributed by atoms with van der Waals surface area (Å²) in [5.74, 6) is 1.13. The Labute approximate surface area is 289 Å². The van der Waals surface area contributed by atoms with Crippen molar-refractivity contribution in [1.82, 2.24) is 19.9 Å². The zero-order chi connectivity index (χ0) is 31.6. The second-order valence-corrected chi connectivity index (χ2v) is 15.4. The summed E-state index contributed by atoms with van der Waals surface area (Å²) in [6.45, 7) is 0. The zero-order valence-corrected chi connectivity index (χ0v) is 28.1. The number of aromatic nitrogens is 4. The summed E-state index contributed by atoms with van der Waals surface area (Å²) in [4.78, 5) is 25.5. The van der Waals surface area contributed by atoms with E-state index in [1.807, 2.05) is 48.8 Å². The number of nitrogens with zero attached hydrogens (tertiary/aromatic N) is 4. The highest BCUT2D eigenvalue weighted by molar-refractivity contribution is 7.25. The van der Waals surface area contributed by atoms with Gasteiger partial charge in [-0.25, -0.2) is 19.9 Å². The average molecular weight is 693 g/mol. The molecular weight excluding hydrogens is 673 g/mol. The van der Waals surface area contributed by atoms with E-state index in [2.05, 4.69) is 72.8 Å². The van der Waals surface area contributed by atoms with E-state index >= 15 is 0 Å². The number of hydrogen-bond donors (Lipinski definition) is 0. The lowest BCUT2D eigenvalue weighted by atomic mass is 10.1. The first kappa shape index (κ1) is 27.8. The number of thiophene rings is 2.